The largest absolute Gasteiger partial charge is 0.334 e. The van der Waals surface area contributed by atoms with Crippen molar-refractivity contribution in [3.8, 4) is 0 Å². The summed E-state index contributed by atoms with van der Waals surface area (Å²) in [7, 11) is 1.77. The topological polar surface area (TPSA) is 43.8 Å². The molecule has 1 unspecified atom stereocenters. The molecule has 0 saturated carbocycles. The minimum atomic E-state index is -0.789. The van der Waals surface area contributed by atoms with Crippen LogP contribution in [0.15, 0.2) is 18.3 Å². The molecule has 0 aliphatic carbocycles. The molecule has 0 amide bonds. The van der Waals surface area contributed by atoms with Gasteiger partial charge in [-0.25, -0.2) is 13.8 Å². The van der Waals surface area contributed by atoms with Crippen LogP contribution in [-0.2, 0) is 7.05 Å². The molecule has 0 bridgehead atoms. The van der Waals surface area contributed by atoms with E-state index in [9.17, 15) is 8.78 Å². The van der Waals surface area contributed by atoms with E-state index in [4.69, 9.17) is 17.3 Å². The number of rotatable bonds is 2. The number of nitrogens with two attached hydrogens (primary N) is 1. The second-order valence-corrected chi connectivity index (χ2v) is 4.46. The summed E-state index contributed by atoms with van der Waals surface area (Å²) in [6.07, 6.45) is 1.55. The monoisotopic (exact) mass is 271 g/mol. The van der Waals surface area contributed by atoms with Crippen molar-refractivity contribution < 1.29 is 8.78 Å². The summed E-state index contributed by atoms with van der Waals surface area (Å²) in [6, 6.07) is 1.16. The quantitative estimate of drug-likeness (QED) is 0.854. The van der Waals surface area contributed by atoms with Crippen LogP contribution < -0.4 is 5.73 Å². The Balaban J connectivity index is 2.49. The number of benzene rings is 1. The minimum Gasteiger partial charge on any atom is -0.334 e. The number of halogens is 3. The fourth-order valence-corrected chi connectivity index (χ4v) is 1.89. The van der Waals surface area contributed by atoms with E-state index in [0.29, 0.717) is 5.69 Å². The second-order valence-electron chi connectivity index (χ2n) is 4.05. The van der Waals surface area contributed by atoms with Crippen LogP contribution in [-0.4, -0.2) is 9.55 Å². The van der Waals surface area contributed by atoms with Crippen molar-refractivity contribution >= 4 is 11.6 Å². The van der Waals surface area contributed by atoms with Crippen LogP contribution in [0.2, 0.25) is 5.02 Å². The van der Waals surface area contributed by atoms with Crippen molar-refractivity contribution in [2.45, 2.75) is 13.0 Å². The Hall–Kier alpha value is -1.46. The molecule has 2 N–H and O–H groups in total. The average Bonchev–Trinajstić information content (AvgIpc) is 2.64. The summed E-state index contributed by atoms with van der Waals surface area (Å²) in [5, 5.41) is -0.260. The normalized spacial score (nSPS) is 12.8. The first kappa shape index (κ1) is 13.0. The molecule has 1 aromatic carbocycles. The molecule has 0 aliphatic heterocycles. The lowest BCUT2D eigenvalue weighted by Gasteiger charge is -2.14. The van der Waals surface area contributed by atoms with Crippen LogP contribution >= 0.6 is 11.6 Å². The maximum atomic E-state index is 13.7. The highest BCUT2D eigenvalue weighted by atomic mass is 35.5. The minimum absolute atomic E-state index is 0.0555. The predicted molar refractivity (Wildman–Crippen MR) is 65.3 cm³/mol. The van der Waals surface area contributed by atoms with Crippen LogP contribution in [0.5, 0.6) is 0 Å². The summed E-state index contributed by atoms with van der Waals surface area (Å²) in [4.78, 5) is 4.07. The number of aryl methyl sites for hydroxylation is 1. The maximum Gasteiger partial charge on any atom is 0.142 e. The number of aromatic nitrogens is 2. The number of hydrogen-bond acceptors (Lipinski definition) is 2. The lowest BCUT2D eigenvalue weighted by atomic mass is 10.0. The van der Waals surface area contributed by atoms with Gasteiger partial charge in [0.1, 0.15) is 17.5 Å². The Morgan fingerprint density at radius 3 is 2.56 bits per heavy atom. The van der Waals surface area contributed by atoms with Gasteiger partial charge in [-0.3, -0.25) is 0 Å². The number of imidazole rings is 1. The third-order valence-corrected chi connectivity index (χ3v) is 3.24. The van der Waals surface area contributed by atoms with Gasteiger partial charge in [-0.15, -0.1) is 0 Å². The highest BCUT2D eigenvalue weighted by Crippen LogP contribution is 2.26. The van der Waals surface area contributed by atoms with E-state index in [1.165, 1.54) is 0 Å². The maximum absolute atomic E-state index is 13.7. The summed E-state index contributed by atoms with van der Waals surface area (Å²) >= 11 is 5.50. The number of nitrogens with zero attached hydrogens (tertiary/aromatic N) is 2. The molecule has 2 aromatic rings. The standard InChI is InChI=1S/C12H12ClF2N3/c1-6-17-5-11(18(6)2)12(16)7-3-10(15)8(13)4-9(7)14/h3-5,12H,16H2,1-2H3. The highest BCUT2D eigenvalue weighted by Gasteiger charge is 2.19. The van der Waals surface area contributed by atoms with E-state index < -0.39 is 17.7 Å². The third-order valence-electron chi connectivity index (χ3n) is 2.95. The zero-order valence-corrected chi connectivity index (χ0v) is 10.7. The molecule has 2 rings (SSSR count). The predicted octanol–water partition coefficient (Wildman–Crippen LogP) is 2.71. The van der Waals surface area contributed by atoms with Crippen molar-refractivity contribution in [2.24, 2.45) is 12.8 Å². The third kappa shape index (κ3) is 2.11. The molecule has 1 atom stereocenters. The van der Waals surface area contributed by atoms with Crippen LogP contribution in [0.4, 0.5) is 8.78 Å². The van der Waals surface area contributed by atoms with Gasteiger partial charge in [-0.2, -0.15) is 0 Å². The smallest absolute Gasteiger partial charge is 0.142 e. The molecule has 0 aliphatic rings. The van der Waals surface area contributed by atoms with Gasteiger partial charge in [0.15, 0.2) is 0 Å². The summed E-state index contributed by atoms with van der Waals surface area (Å²) in [5.41, 5.74) is 6.60. The molecule has 0 fully saturated rings. The molecular formula is C12H12ClF2N3. The Bertz CT molecular complexity index is 595. The lowest BCUT2D eigenvalue weighted by Crippen LogP contribution is -2.17. The molecular weight excluding hydrogens is 260 g/mol. The fourth-order valence-electron chi connectivity index (χ4n) is 1.74. The molecule has 96 valence electrons. The molecule has 1 aromatic heterocycles. The van der Waals surface area contributed by atoms with Gasteiger partial charge >= 0.3 is 0 Å². The second kappa shape index (κ2) is 4.66. The zero-order chi connectivity index (χ0) is 13.4. The van der Waals surface area contributed by atoms with Crippen molar-refractivity contribution in [2.75, 3.05) is 0 Å². The average molecular weight is 272 g/mol. The molecule has 3 nitrogen and oxygen atoms in total. The number of hydrogen-bond donors (Lipinski definition) is 1. The van der Waals surface area contributed by atoms with E-state index in [-0.39, 0.29) is 10.6 Å². The molecule has 6 heteroatoms. The highest BCUT2D eigenvalue weighted by molar-refractivity contribution is 6.30. The zero-order valence-electron chi connectivity index (χ0n) is 9.92. The Morgan fingerprint density at radius 1 is 1.33 bits per heavy atom. The first-order valence-electron chi connectivity index (χ1n) is 5.30. The first-order chi connectivity index (χ1) is 8.41. The summed E-state index contributed by atoms with van der Waals surface area (Å²) in [5.74, 6) is -0.578. The van der Waals surface area contributed by atoms with Crippen LogP contribution in [0.1, 0.15) is 23.1 Å². The summed E-state index contributed by atoms with van der Waals surface area (Å²) < 4.78 is 28.8. The van der Waals surface area contributed by atoms with E-state index in [1.807, 2.05) is 0 Å². The molecule has 18 heavy (non-hydrogen) atoms. The van der Waals surface area contributed by atoms with Crippen molar-refractivity contribution in [3.05, 3.63) is 52.1 Å². The van der Waals surface area contributed by atoms with Gasteiger partial charge in [-0.05, 0) is 19.1 Å². The molecule has 1 heterocycles. The molecule has 0 spiro atoms. The van der Waals surface area contributed by atoms with E-state index in [0.717, 1.165) is 18.0 Å². The van der Waals surface area contributed by atoms with E-state index in [2.05, 4.69) is 4.98 Å². The SMILES string of the molecule is Cc1ncc(C(N)c2cc(F)c(Cl)cc2F)n1C. The Kier molecular flexibility index (Phi) is 3.36. The van der Waals surface area contributed by atoms with Crippen LogP contribution in [0, 0.1) is 18.6 Å². The van der Waals surface area contributed by atoms with Crippen molar-refractivity contribution in [1.82, 2.24) is 9.55 Å². The van der Waals surface area contributed by atoms with Crippen LogP contribution in [0.3, 0.4) is 0 Å². The van der Waals surface area contributed by atoms with Gasteiger partial charge in [-0.1, -0.05) is 11.6 Å². The van der Waals surface area contributed by atoms with Crippen molar-refractivity contribution in [3.63, 3.8) is 0 Å². The Morgan fingerprint density at radius 2 is 2.00 bits per heavy atom. The Labute approximate surface area is 108 Å². The van der Waals surface area contributed by atoms with Gasteiger partial charge in [0.2, 0.25) is 0 Å². The van der Waals surface area contributed by atoms with Gasteiger partial charge in [0, 0.05) is 12.6 Å². The van der Waals surface area contributed by atoms with Crippen LogP contribution in [0.25, 0.3) is 0 Å². The van der Waals surface area contributed by atoms with E-state index >= 15 is 0 Å². The van der Waals surface area contributed by atoms with Gasteiger partial charge in [0.05, 0.1) is 23.0 Å². The summed E-state index contributed by atoms with van der Waals surface area (Å²) in [6.45, 7) is 1.80. The van der Waals surface area contributed by atoms with Gasteiger partial charge in [0.25, 0.3) is 0 Å². The molecule has 0 radical (unpaired) electrons. The van der Waals surface area contributed by atoms with Crippen molar-refractivity contribution in [1.29, 1.82) is 0 Å². The molecule has 0 saturated heterocycles. The van der Waals surface area contributed by atoms with E-state index in [1.54, 1.807) is 24.7 Å². The van der Waals surface area contributed by atoms with Gasteiger partial charge < -0.3 is 10.3 Å². The fraction of sp³-hybridized carbons (Fsp3) is 0.250. The first-order valence-corrected chi connectivity index (χ1v) is 5.68. The lowest BCUT2D eigenvalue weighted by molar-refractivity contribution is 0.571.